The predicted octanol–water partition coefficient (Wildman–Crippen LogP) is 3.47. The van der Waals surface area contributed by atoms with Crippen LogP contribution in [0.4, 0.5) is 0 Å². The zero-order valence-electron chi connectivity index (χ0n) is 12.9. The van der Waals surface area contributed by atoms with Gasteiger partial charge in [0.25, 0.3) is 0 Å². The number of aromatic hydroxyl groups is 1. The van der Waals surface area contributed by atoms with E-state index in [9.17, 15) is 5.11 Å². The van der Waals surface area contributed by atoms with Crippen molar-refractivity contribution in [2.75, 3.05) is 13.7 Å². The largest absolute Gasteiger partial charge is 0.507 e. The summed E-state index contributed by atoms with van der Waals surface area (Å²) in [6.45, 7) is 5.89. The lowest BCUT2D eigenvalue weighted by atomic mass is 9.84. The number of phenolic OH excluding ortho intramolecular Hbond substituents is 1. The van der Waals surface area contributed by atoms with Crippen LogP contribution < -0.4 is 10.1 Å². The molecule has 3 heteroatoms. The second-order valence-corrected chi connectivity index (χ2v) is 5.85. The molecule has 21 heavy (non-hydrogen) atoms. The smallest absolute Gasteiger partial charge is 0.123 e. The first-order valence-corrected chi connectivity index (χ1v) is 7.15. The Morgan fingerprint density at radius 2 is 1.81 bits per heavy atom. The summed E-state index contributed by atoms with van der Waals surface area (Å²) in [5.74, 6) is 0.931. The number of hydrogen-bond acceptors (Lipinski definition) is 3. The van der Waals surface area contributed by atoms with E-state index < -0.39 is 0 Å². The third-order valence-corrected chi connectivity index (χ3v) is 3.73. The van der Waals surface area contributed by atoms with Crippen LogP contribution in [0, 0.1) is 0 Å². The fourth-order valence-corrected chi connectivity index (χ4v) is 2.32. The molecule has 0 amide bonds. The van der Waals surface area contributed by atoms with E-state index in [1.54, 1.807) is 13.2 Å². The number of rotatable bonds is 6. The zero-order chi connectivity index (χ0) is 15.3. The monoisotopic (exact) mass is 285 g/mol. The summed E-state index contributed by atoms with van der Waals surface area (Å²) in [5.41, 5.74) is 2.22. The summed E-state index contributed by atoms with van der Waals surface area (Å²) in [6, 6.07) is 15.8. The number of hydrogen-bond donors (Lipinski definition) is 2. The van der Waals surface area contributed by atoms with Crippen LogP contribution in [0.15, 0.2) is 48.5 Å². The molecule has 2 aromatic carbocycles. The Balaban J connectivity index is 1.95. The molecule has 0 spiro atoms. The van der Waals surface area contributed by atoms with Crippen LogP contribution in [-0.2, 0) is 12.0 Å². The van der Waals surface area contributed by atoms with E-state index in [1.807, 2.05) is 18.2 Å². The van der Waals surface area contributed by atoms with Crippen molar-refractivity contribution < 1.29 is 9.84 Å². The van der Waals surface area contributed by atoms with Gasteiger partial charge in [-0.15, -0.1) is 0 Å². The van der Waals surface area contributed by atoms with Gasteiger partial charge in [0.2, 0.25) is 0 Å². The third-order valence-electron chi connectivity index (χ3n) is 3.73. The summed E-state index contributed by atoms with van der Waals surface area (Å²) in [5, 5.41) is 13.4. The van der Waals surface area contributed by atoms with Gasteiger partial charge in [-0.2, -0.15) is 0 Å². The topological polar surface area (TPSA) is 41.5 Å². The molecule has 0 aliphatic rings. The van der Waals surface area contributed by atoms with Gasteiger partial charge < -0.3 is 15.2 Å². The maximum Gasteiger partial charge on any atom is 0.123 e. The molecule has 112 valence electrons. The van der Waals surface area contributed by atoms with E-state index >= 15 is 0 Å². The summed E-state index contributed by atoms with van der Waals surface area (Å²) in [7, 11) is 1.59. The Hall–Kier alpha value is -2.00. The quantitative estimate of drug-likeness (QED) is 0.854. The number of nitrogens with one attached hydrogen (secondary N) is 1. The van der Waals surface area contributed by atoms with Crippen LogP contribution in [0.2, 0.25) is 0 Å². The summed E-state index contributed by atoms with van der Waals surface area (Å²) >= 11 is 0. The minimum atomic E-state index is 0.0450. The molecule has 3 nitrogen and oxygen atoms in total. The van der Waals surface area contributed by atoms with E-state index in [2.05, 4.69) is 43.4 Å². The molecule has 2 N–H and O–H groups in total. The van der Waals surface area contributed by atoms with E-state index in [0.29, 0.717) is 12.3 Å². The lowest BCUT2D eigenvalue weighted by Gasteiger charge is -2.26. The molecule has 0 heterocycles. The summed E-state index contributed by atoms with van der Waals surface area (Å²) in [6.07, 6.45) is 0. The summed E-state index contributed by atoms with van der Waals surface area (Å²) in [4.78, 5) is 0. The van der Waals surface area contributed by atoms with Gasteiger partial charge >= 0.3 is 0 Å². The van der Waals surface area contributed by atoms with Gasteiger partial charge in [-0.3, -0.25) is 0 Å². The minimum absolute atomic E-state index is 0.0450. The Kier molecular flexibility index (Phi) is 4.86. The van der Waals surface area contributed by atoms with Gasteiger partial charge in [-0.1, -0.05) is 50.2 Å². The van der Waals surface area contributed by atoms with Crippen LogP contribution in [0.25, 0.3) is 0 Å². The standard InChI is InChI=1S/C18H23NO2/c1-18(2,15-7-5-4-6-8-15)13-19-12-14-9-10-16(21-3)11-17(14)20/h4-11,19-20H,12-13H2,1-3H3. The maximum atomic E-state index is 9.95. The molecule has 0 aliphatic carbocycles. The molecular formula is C18H23NO2. The predicted molar refractivity (Wildman–Crippen MR) is 85.8 cm³/mol. The fourth-order valence-electron chi connectivity index (χ4n) is 2.32. The number of methoxy groups -OCH3 is 1. The van der Waals surface area contributed by atoms with Crippen molar-refractivity contribution in [3.8, 4) is 11.5 Å². The van der Waals surface area contributed by atoms with Gasteiger partial charge in [0, 0.05) is 30.1 Å². The van der Waals surface area contributed by atoms with Gasteiger partial charge in [0.1, 0.15) is 11.5 Å². The van der Waals surface area contributed by atoms with E-state index in [-0.39, 0.29) is 11.2 Å². The van der Waals surface area contributed by atoms with Crippen molar-refractivity contribution in [3.63, 3.8) is 0 Å². The van der Waals surface area contributed by atoms with Crippen molar-refractivity contribution in [2.45, 2.75) is 25.8 Å². The lowest BCUT2D eigenvalue weighted by molar-refractivity contribution is 0.404. The highest BCUT2D eigenvalue weighted by molar-refractivity contribution is 5.39. The lowest BCUT2D eigenvalue weighted by Crippen LogP contribution is -2.32. The molecule has 0 bridgehead atoms. The Bertz CT molecular complexity index is 579. The Morgan fingerprint density at radius 1 is 1.10 bits per heavy atom. The van der Waals surface area contributed by atoms with Crippen LogP contribution >= 0.6 is 0 Å². The van der Waals surface area contributed by atoms with Gasteiger partial charge in [0.15, 0.2) is 0 Å². The van der Waals surface area contributed by atoms with Gasteiger partial charge in [0.05, 0.1) is 7.11 Å². The molecule has 0 fully saturated rings. The van der Waals surface area contributed by atoms with Crippen LogP contribution in [0.5, 0.6) is 11.5 Å². The second kappa shape index (κ2) is 6.64. The first kappa shape index (κ1) is 15.4. The van der Waals surface area contributed by atoms with Crippen molar-refractivity contribution >= 4 is 0 Å². The maximum absolute atomic E-state index is 9.95. The molecular weight excluding hydrogens is 262 g/mol. The van der Waals surface area contributed by atoms with Gasteiger partial charge in [-0.05, 0) is 11.6 Å². The van der Waals surface area contributed by atoms with Crippen LogP contribution in [-0.4, -0.2) is 18.8 Å². The number of benzene rings is 2. The minimum Gasteiger partial charge on any atom is -0.507 e. The first-order valence-electron chi connectivity index (χ1n) is 7.15. The first-order chi connectivity index (χ1) is 10.0. The second-order valence-electron chi connectivity index (χ2n) is 5.85. The third kappa shape index (κ3) is 3.99. The van der Waals surface area contributed by atoms with E-state index in [1.165, 1.54) is 5.56 Å². The van der Waals surface area contributed by atoms with Crippen molar-refractivity contribution in [1.82, 2.24) is 5.32 Å². The van der Waals surface area contributed by atoms with Crippen molar-refractivity contribution in [1.29, 1.82) is 0 Å². The summed E-state index contributed by atoms with van der Waals surface area (Å²) < 4.78 is 5.09. The molecule has 0 radical (unpaired) electrons. The van der Waals surface area contributed by atoms with Crippen molar-refractivity contribution in [3.05, 3.63) is 59.7 Å². The molecule has 0 saturated heterocycles. The average Bonchev–Trinajstić information content (AvgIpc) is 2.49. The highest BCUT2D eigenvalue weighted by Crippen LogP contribution is 2.24. The van der Waals surface area contributed by atoms with E-state index in [0.717, 1.165) is 12.1 Å². The average molecular weight is 285 g/mol. The molecule has 2 aromatic rings. The normalized spacial score (nSPS) is 11.4. The Labute approximate surface area is 126 Å². The fraction of sp³-hybridized carbons (Fsp3) is 0.333. The number of ether oxygens (including phenoxy) is 1. The zero-order valence-corrected chi connectivity index (χ0v) is 12.9. The molecule has 0 unspecified atom stereocenters. The van der Waals surface area contributed by atoms with E-state index in [4.69, 9.17) is 4.74 Å². The van der Waals surface area contributed by atoms with Gasteiger partial charge in [-0.25, -0.2) is 0 Å². The van der Waals surface area contributed by atoms with Crippen LogP contribution in [0.1, 0.15) is 25.0 Å². The molecule has 0 atom stereocenters. The number of phenols is 1. The highest BCUT2D eigenvalue weighted by Gasteiger charge is 2.19. The molecule has 0 aromatic heterocycles. The van der Waals surface area contributed by atoms with Crippen LogP contribution in [0.3, 0.4) is 0 Å². The molecule has 2 rings (SSSR count). The van der Waals surface area contributed by atoms with Crippen molar-refractivity contribution in [2.24, 2.45) is 0 Å². The SMILES string of the molecule is COc1ccc(CNCC(C)(C)c2ccccc2)c(O)c1. The molecule has 0 saturated carbocycles. The highest BCUT2D eigenvalue weighted by atomic mass is 16.5. The Morgan fingerprint density at radius 3 is 2.43 bits per heavy atom. The molecule has 0 aliphatic heterocycles.